The van der Waals surface area contributed by atoms with Crippen molar-refractivity contribution in [2.75, 3.05) is 11.9 Å². The van der Waals surface area contributed by atoms with Gasteiger partial charge >= 0.3 is 12.3 Å². The fraction of sp³-hybridized carbons (Fsp3) is 0.167. The molecule has 2 rings (SSSR count). The lowest BCUT2D eigenvalue weighted by molar-refractivity contribution is -0.159. The zero-order chi connectivity index (χ0) is 14.6. The van der Waals surface area contributed by atoms with Crippen LogP contribution in [0, 0.1) is 0 Å². The molecule has 1 aromatic carbocycles. The van der Waals surface area contributed by atoms with Crippen LogP contribution in [-0.2, 0) is 4.74 Å². The van der Waals surface area contributed by atoms with Crippen molar-refractivity contribution in [3.8, 4) is 10.6 Å². The molecule has 8 heteroatoms. The van der Waals surface area contributed by atoms with Crippen LogP contribution >= 0.6 is 11.3 Å². The van der Waals surface area contributed by atoms with Gasteiger partial charge in [-0.25, -0.2) is 9.78 Å². The minimum Gasteiger partial charge on any atom is -0.440 e. The van der Waals surface area contributed by atoms with Gasteiger partial charge in [-0.15, -0.1) is 11.3 Å². The molecule has 0 saturated carbocycles. The Balaban J connectivity index is 1.92. The summed E-state index contributed by atoms with van der Waals surface area (Å²) in [6, 6.07) is 6.54. The maximum absolute atomic E-state index is 11.9. The number of nitrogens with one attached hydrogen (secondary N) is 1. The van der Waals surface area contributed by atoms with Crippen LogP contribution < -0.4 is 5.32 Å². The largest absolute Gasteiger partial charge is 0.440 e. The normalized spacial score (nSPS) is 11.2. The number of ether oxygens (including phenoxy) is 1. The molecule has 0 bridgehead atoms. The van der Waals surface area contributed by atoms with Crippen LogP contribution in [0.2, 0.25) is 0 Å². The van der Waals surface area contributed by atoms with Crippen molar-refractivity contribution < 1.29 is 22.7 Å². The van der Waals surface area contributed by atoms with E-state index in [1.165, 1.54) is 11.3 Å². The van der Waals surface area contributed by atoms with Crippen molar-refractivity contribution in [1.29, 1.82) is 0 Å². The van der Waals surface area contributed by atoms with Gasteiger partial charge in [-0.05, 0) is 24.3 Å². The number of amides is 1. The monoisotopic (exact) mass is 302 g/mol. The van der Waals surface area contributed by atoms with E-state index in [-0.39, 0.29) is 0 Å². The first-order valence-electron chi connectivity index (χ1n) is 5.44. The van der Waals surface area contributed by atoms with Gasteiger partial charge in [0.05, 0.1) is 0 Å². The van der Waals surface area contributed by atoms with Gasteiger partial charge < -0.3 is 4.74 Å². The van der Waals surface area contributed by atoms with Gasteiger partial charge in [-0.3, -0.25) is 5.32 Å². The molecule has 0 aliphatic heterocycles. The van der Waals surface area contributed by atoms with Crippen LogP contribution in [0.15, 0.2) is 35.8 Å². The van der Waals surface area contributed by atoms with Gasteiger partial charge in [0.2, 0.25) is 0 Å². The quantitative estimate of drug-likeness (QED) is 0.935. The van der Waals surface area contributed by atoms with E-state index >= 15 is 0 Å². The molecule has 0 atom stereocenters. The topological polar surface area (TPSA) is 51.2 Å². The molecule has 0 saturated heterocycles. The van der Waals surface area contributed by atoms with Crippen molar-refractivity contribution in [1.82, 2.24) is 4.98 Å². The Morgan fingerprint density at radius 2 is 2.00 bits per heavy atom. The van der Waals surface area contributed by atoms with E-state index in [0.717, 1.165) is 10.6 Å². The molecule has 0 aliphatic carbocycles. The van der Waals surface area contributed by atoms with Crippen LogP contribution in [0.5, 0.6) is 0 Å². The third-order valence-electron chi connectivity index (χ3n) is 2.18. The molecule has 1 N–H and O–H groups in total. The summed E-state index contributed by atoms with van der Waals surface area (Å²) in [6.45, 7) is -1.62. The van der Waals surface area contributed by atoms with Crippen LogP contribution in [0.1, 0.15) is 0 Å². The van der Waals surface area contributed by atoms with Crippen LogP contribution in [-0.4, -0.2) is 23.9 Å². The molecule has 0 radical (unpaired) electrons. The van der Waals surface area contributed by atoms with E-state index < -0.39 is 18.9 Å². The minimum absolute atomic E-state index is 0.345. The molecular weight excluding hydrogens is 293 g/mol. The highest BCUT2D eigenvalue weighted by Gasteiger charge is 2.29. The second-order valence-electron chi connectivity index (χ2n) is 3.73. The fourth-order valence-electron chi connectivity index (χ4n) is 1.36. The number of carbonyl (C=O) groups excluding carboxylic acids is 1. The highest BCUT2D eigenvalue weighted by atomic mass is 32.1. The predicted molar refractivity (Wildman–Crippen MR) is 68.6 cm³/mol. The predicted octanol–water partition coefficient (Wildman–Crippen LogP) is 3.92. The first kappa shape index (κ1) is 14.3. The van der Waals surface area contributed by atoms with Gasteiger partial charge in [0.25, 0.3) is 0 Å². The lowest BCUT2D eigenvalue weighted by Crippen LogP contribution is -2.23. The van der Waals surface area contributed by atoms with Crippen LogP contribution in [0.25, 0.3) is 10.6 Å². The van der Waals surface area contributed by atoms with E-state index in [4.69, 9.17) is 0 Å². The number of halogens is 3. The van der Waals surface area contributed by atoms with Crippen molar-refractivity contribution in [2.24, 2.45) is 0 Å². The summed E-state index contributed by atoms with van der Waals surface area (Å²) in [5.74, 6) is 0. The highest BCUT2D eigenvalue weighted by molar-refractivity contribution is 7.13. The summed E-state index contributed by atoms with van der Waals surface area (Å²) in [7, 11) is 0. The fourth-order valence-corrected chi connectivity index (χ4v) is 2.01. The molecule has 1 aromatic heterocycles. The number of hydrogen-bond acceptors (Lipinski definition) is 4. The molecule has 20 heavy (non-hydrogen) atoms. The molecule has 0 unspecified atom stereocenters. The third kappa shape index (κ3) is 4.23. The second kappa shape index (κ2) is 5.91. The number of thiazole rings is 1. The average Bonchev–Trinajstić information content (AvgIpc) is 2.90. The van der Waals surface area contributed by atoms with E-state index in [1.54, 1.807) is 30.5 Å². The zero-order valence-electron chi connectivity index (χ0n) is 9.98. The Bertz CT molecular complexity index is 567. The summed E-state index contributed by atoms with van der Waals surface area (Å²) >= 11 is 1.46. The molecular formula is C12H9F3N2O2S. The summed E-state index contributed by atoms with van der Waals surface area (Å²) in [6.07, 6.45) is -4.02. The molecule has 0 spiro atoms. The molecule has 1 heterocycles. The Labute approximate surface area is 116 Å². The number of benzene rings is 1. The smallest absolute Gasteiger partial charge is 0.422 e. The highest BCUT2D eigenvalue weighted by Crippen LogP contribution is 2.23. The number of alkyl halides is 3. The van der Waals surface area contributed by atoms with Gasteiger partial charge in [0.15, 0.2) is 6.61 Å². The number of nitrogens with zero attached hydrogens (tertiary/aromatic N) is 1. The Morgan fingerprint density at radius 1 is 1.30 bits per heavy atom. The maximum Gasteiger partial charge on any atom is 0.422 e. The van der Waals surface area contributed by atoms with Gasteiger partial charge in [-0.2, -0.15) is 13.2 Å². The van der Waals surface area contributed by atoms with Crippen LogP contribution in [0.4, 0.5) is 23.7 Å². The average molecular weight is 302 g/mol. The Morgan fingerprint density at radius 3 is 2.55 bits per heavy atom. The summed E-state index contributed by atoms with van der Waals surface area (Å²) in [5.41, 5.74) is 1.20. The molecule has 0 fully saturated rings. The lowest BCUT2D eigenvalue weighted by atomic mass is 10.2. The summed E-state index contributed by atoms with van der Waals surface area (Å²) in [4.78, 5) is 15.2. The van der Waals surface area contributed by atoms with Crippen molar-refractivity contribution in [2.45, 2.75) is 6.18 Å². The summed E-state index contributed by atoms with van der Waals surface area (Å²) < 4.78 is 39.6. The van der Waals surface area contributed by atoms with E-state index in [9.17, 15) is 18.0 Å². The number of carbonyl (C=O) groups is 1. The maximum atomic E-state index is 11.9. The van der Waals surface area contributed by atoms with Crippen molar-refractivity contribution >= 4 is 23.1 Å². The molecule has 2 aromatic rings. The summed E-state index contributed by atoms with van der Waals surface area (Å²) in [5, 5.41) is 4.85. The number of rotatable bonds is 3. The third-order valence-corrected chi connectivity index (χ3v) is 3.00. The second-order valence-corrected chi connectivity index (χ2v) is 4.63. The standard InChI is InChI=1S/C12H9F3N2O2S/c13-12(14,15)7-19-11(18)17-9-3-1-8(2-4-9)10-16-5-6-20-10/h1-6H,7H2,(H,17,18). The van der Waals surface area contributed by atoms with Crippen molar-refractivity contribution in [3.05, 3.63) is 35.8 Å². The number of hydrogen-bond donors (Lipinski definition) is 1. The van der Waals surface area contributed by atoms with Gasteiger partial charge in [0, 0.05) is 22.8 Å². The van der Waals surface area contributed by atoms with E-state index in [0.29, 0.717) is 5.69 Å². The molecule has 106 valence electrons. The molecule has 1 amide bonds. The minimum atomic E-state index is -4.54. The molecule has 4 nitrogen and oxygen atoms in total. The van der Waals surface area contributed by atoms with Crippen LogP contribution in [0.3, 0.4) is 0 Å². The van der Waals surface area contributed by atoms with Gasteiger partial charge in [0.1, 0.15) is 5.01 Å². The first-order valence-corrected chi connectivity index (χ1v) is 6.32. The number of anilines is 1. The van der Waals surface area contributed by atoms with Crippen molar-refractivity contribution in [3.63, 3.8) is 0 Å². The lowest BCUT2D eigenvalue weighted by Gasteiger charge is -2.09. The SMILES string of the molecule is O=C(Nc1ccc(-c2nccs2)cc1)OCC(F)(F)F. The van der Waals surface area contributed by atoms with E-state index in [1.807, 2.05) is 5.38 Å². The first-order chi connectivity index (χ1) is 9.44. The van der Waals surface area contributed by atoms with E-state index in [2.05, 4.69) is 15.0 Å². The molecule has 0 aliphatic rings. The van der Waals surface area contributed by atoms with Gasteiger partial charge in [-0.1, -0.05) is 0 Å². The Hall–Kier alpha value is -2.09. The zero-order valence-corrected chi connectivity index (χ0v) is 10.8. The Kier molecular flexibility index (Phi) is 4.23. The number of aromatic nitrogens is 1.